The van der Waals surface area contributed by atoms with Gasteiger partial charge in [-0.15, -0.1) is 0 Å². The number of aliphatic hydroxyl groups is 1. The number of primary amides is 1. The van der Waals surface area contributed by atoms with Gasteiger partial charge in [0.1, 0.15) is 0 Å². The fraction of sp³-hybridized carbons (Fsp3) is 0.467. The predicted molar refractivity (Wildman–Crippen MR) is 80.0 cm³/mol. The second-order valence-electron chi connectivity index (χ2n) is 5.52. The van der Waals surface area contributed by atoms with E-state index in [0.717, 1.165) is 32.1 Å². The summed E-state index contributed by atoms with van der Waals surface area (Å²) in [5, 5.41) is 15.0. The van der Waals surface area contributed by atoms with E-state index in [9.17, 15) is 14.7 Å². The molecule has 114 valence electrons. The second-order valence-corrected chi connectivity index (χ2v) is 5.52. The van der Waals surface area contributed by atoms with Gasteiger partial charge in [-0.1, -0.05) is 19.3 Å². The third-order valence-electron chi connectivity index (χ3n) is 3.91. The lowest BCUT2D eigenvalue weighted by Crippen LogP contribution is -2.52. The Kier molecular flexibility index (Phi) is 4.80. The van der Waals surface area contributed by atoms with Crippen LogP contribution in [-0.2, 0) is 0 Å². The lowest BCUT2D eigenvalue weighted by atomic mass is 9.82. The van der Waals surface area contributed by atoms with Crippen molar-refractivity contribution in [3.05, 3.63) is 29.8 Å². The van der Waals surface area contributed by atoms with Crippen molar-refractivity contribution in [2.24, 2.45) is 5.73 Å². The zero-order valence-corrected chi connectivity index (χ0v) is 11.9. The fourth-order valence-electron chi connectivity index (χ4n) is 2.71. The van der Waals surface area contributed by atoms with Crippen LogP contribution < -0.4 is 16.4 Å². The van der Waals surface area contributed by atoms with E-state index < -0.39 is 11.6 Å². The Morgan fingerprint density at radius 3 is 2.29 bits per heavy atom. The van der Waals surface area contributed by atoms with Crippen molar-refractivity contribution in [3.63, 3.8) is 0 Å². The number of carbonyl (C=O) groups excluding carboxylic acids is 2. The van der Waals surface area contributed by atoms with Crippen molar-refractivity contribution in [1.29, 1.82) is 0 Å². The number of hydrogen-bond donors (Lipinski definition) is 4. The summed E-state index contributed by atoms with van der Waals surface area (Å²) in [4.78, 5) is 23.0. The number of carbonyl (C=O) groups is 2. The third-order valence-corrected chi connectivity index (χ3v) is 3.91. The molecule has 6 nitrogen and oxygen atoms in total. The zero-order chi connectivity index (χ0) is 15.3. The molecular formula is C15H21N3O3. The van der Waals surface area contributed by atoms with Gasteiger partial charge < -0.3 is 21.5 Å². The number of rotatable bonds is 4. The molecule has 2 rings (SSSR count). The van der Waals surface area contributed by atoms with Crippen molar-refractivity contribution >= 4 is 17.6 Å². The molecule has 1 aliphatic carbocycles. The molecule has 0 atom stereocenters. The van der Waals surface area contributed by atoms with Gasteiger partial charge >= 0.3 is 6.03 Å². The number of urea groups is 1. The molecule has 5 N–H and O–H groups in total. The molecule has 0 radical (unpaired) electrons. The highest BCUT2D eigenvalue weighted by Crippen LogP contribution is 2.28. The fourth-order valence-corrected chi connectivity index (χ4v) is 2.71. The highest BCUT2D eigenvalue weighted by Gasteiger charge is 2.33. The second kappa shape index (κ2) is 6.58. The maximum atomic E-state index is 12.3. The van der Waals surface area contributed by atoms with Crippen LogP contribution in [0, 0.1) is 0 Å². The summed E-state index contributed by atoms with van der Waals surface area (Å²) >= 11 is 0. The number of hydrogen-bond acceptors (Lipinski definition) is 3. The summed E-state index contributed by atoms with van der Waals surface area (Å²) in [7, 11) is 0. The van der Waals surface area contributed by atoms with Gasteiger partial charge in [0.2, 0.25) is 0 Å². The van der Waals surface area contributed by atoms with E-state index >= 15 is 0 Å². The van der Waals surface area contributed by atoms with Crippen LogP contribution in [0.15, 0.2) is 24.3 Å². The first-order valence-electron chi connectivity index (χ1n) is 7.15. The highest BCUT2D eigenvalue weighted by atomic mass is 16.3. The zero-order valence-electron chi connectivity index (χ0n) is 11.9. The monoisotopic (exact) mass is 291 g/mol. The minimum atomic E-state index is -0.645. The molecule has 21 heavy (non-hydrogen) atoms. The Hall–Kier alpha value is -2.08. The Labute approximate surface area is 123 Å². The van der Waals surface area contributed by atoms with Crippen molar-refractivity contribution < 1.29 is 14.7 Å². The van der Waals surface area contributed by atoms with E-state index in [1.165, 1.54) is 0 Å². The van der Waals surface area contributed by atoms with Gasteiger partial charge in [-0.3, -0.25) is 4.79 Å². The Balaban J connectivity index is 2.03. The predicted octanol–water partition coefficient (Wildman–Crippen LogP) is 1.60. The highest BCUT2D eigenvalue weighted by molar-refractivity contribution is 5.95. The molecule has 0 unspecified atom stereocenters. The number of amides is 3. The van der Waals surface area contributed by atoms with E-state index in [0.29, 0.717) is 11.3 Å². The first-order chi connectivity index (χ1) is 10.0. The molecule has 0 aliphatic heterocycles. The standard InChI is InChI=1S/C15H21N3O3/c16-14(21)17-12-6-4-11(5-7-12)13(20)18-15(10-19)8-2-1-3-9-15/h4-7,19H,1-3,8-10H2,(H,18,20)(H3,16,17,21). The van der Waals surface area contributed by atoms with Gasteiger partial charge in [0.05, 0.1) is 12.1 Å². The number of aliphatic hydroxyl groups excluding tert-OH is 1. The molecule has 3 amide bonds. The molecule has 0 spiro atoms. The van der Waals surface area contributed by atoms with Crippen LogP contribution in [0.1, 0.15) is 42.5 Å². The van der Waals surface area contributed by atoms with E-state index in [4.69, 9.17) is 5.73 Å². The summed E-state index contributed by atoms with van der Waals surface area (Å²) in [6, 6.07) is 5.83. The Bertz CT molecular complexity index is 507. The smallest absolute Gasteiger partial charge is 0.316 e. The van der Waals surface area contributed by atoms with Gasteiger partial charge in [0.25, 0.3) is 5.91 Å². The molecule has 0 aromatic heterocycles. The summed E-state index contributed by atoms with van der Waals surface area (Å²) < 4.78 is 0. The van der Waals surface area contributed by atoms with E-state index in [1.807, 2.05) is 0 Å². The first-order valence-corrected chi connectivity index (χ1v) is 7.15. The van der Waals surface area contributed by atoms with Crippen LogP contribution in [0.4, 0.5) is 10.5 Å². The number of nitrogens with two attached hydrogens (primary N) is 1. The molecule has 1 saturated carbocycles. The van der Waals surface area contributed by atoms with Crippen LogP contribution in [0.2, 0.25) is 0 Å². The van der Waals surface area contributed by atoms with Gasteiger partial charge in [-0.25, -0.2) is 4.79 Å². The number of benzene rings is 1. The van der Waals surface area contributed by atoms with Crippen molar-refractivity contribution in [3.8, 4) is 0 Å². The molecule has 0 saturated heterocycles. The van der Waals surface area contributed by atoms with Crippen molar-refractivity contribution in [1.82, 2.24) is 5.32 Å². The van der Waals surface area contributed by atoms with Crippen molar-refractivity contribution in [2.75, 3.05) is 11.9 Å². The number of anilines is 1. The molecule has 1 aliphatic rings. The maximum Gasteiger partial charge on any atom is 0.316 e. The van der Waals surface area contributed by atoms with Gasteiger partial charge in [-0.2, -0.15) is 0 Å². The molecule has 1 fully saturated rings. The SMILES string of the molecule is NC(=O)Nc1ccc(C(=O)NC2(CO)CCCCC2)cc1. The average Bonchev–Trinajstić information content (AvgIpc) is 2.48. The largest absolute Gasteiger partial charge is 0.394 e. The van der Waals surface area contributed by atoms with E-state index in [2.05, 4.69) is 10.6 Å². The van der Waals surface area contributed by atoms with Gasteiger partial charge in [0, 0.05) is 11.3 Å². The van der Waals surface area contributed by atoms with Crippen LogP contribution in [0.5, 0.6) is 0 Å². The van der Waals surface area contributed by atoms with E-state index in [-0.39, 0.29) is 12.5 Å². The van der Waals surface area contributed by atoms with Crippen LogP contribution >= 0.6 is 0 Å². The number of nitrogens with one attached hydrogen (secondary N) is 2. The molecular weight excluding hydrogens is 270 g/mol. The molecule has 1 aromatic rings. The third kappa shape index (κ3) is 3.95. The maximum absolute atomic E-state index is 12.3. The minimum absolute atomic E-state index is 0.0416. The van der Waals surface area contributed by atoms with Crippen LogP contribution in [0.3, 0.4) is 0 Å². The molecule has 6 heteroatoms. The summed E-state index contributed by atoms with van der Waals surface area (Å²) in [5.41, 5.74) is 5.55. The van der Waals surface area contributed by atoms with Crippen LogP contribution in [0.25, 0.3) is 0 Å². The quantitative estimate of drug-likeness (QED) is 0.677. The van der Waals surface area contributed by atoms with Gasteiger partial charge in [0.15, 0.2) is 0 Å². The minimum Gasteiger partial charge on any atom is -0.394 e. The lowest BCUT2D eigenvalue weighted by Gasteiger charge is -2.36. The topological polar surface area (TPSA) is 104 Å². The Morgan fingerprint density at radius 2 is 1.76 bits per heavy atom. The van der Waals surface area contributed by atoms with Crippen molar-refractivity contribution in [2.45, 2.75) is 37.6 Å². The molecule has 1 aromatic carbocycles. The molecule has 0 bridgehead atoms. The molecule has 0 heterocycles. The van der Waals surface area contributed by atoms with Crippen LogP contribution in [-0.4, -0.2) is 29.2 Å². The van der Waals surface area contributed by atoms with E-state index in [1.54, 1.807) is 24.3 Å². The first kappa shape index (κ1) is 15.3. The van der Waals surface area contributed by atoms with Gasteiger partial charge in [-0.05, 0) is 37.1 Å². The Morgan fingerprint density at radius 1 is 1.14 bits per heavy atom. The summed E-state index contributed by atoms with van der Waals surface area (Å²) in [5.74, 6) is -0.212. The summed E-state index contributed by atoms with van der Waals surface area (Å²) in [6.45, 7) is -0.0416. The summed E-state index contributed by atoms with van der Waals surface area (Å²) in [6.07, 6.45) is 4.78. The lowest BCUT2D eigenvalue weighted by molar-refractivity contribution is 0.0758. The normalized spacial score (nSPS) is 17.0. The average molecular weight is 291 g/mol.